The quantitative estimate of drug-likeness (QED) is 0.671. The topological polar surface area (TPSA) is 54.5 Å². The average molecular weight is 407 g/mol. The molecule has 1 aromatic heterocycles. The number of hydrogen-bond acceptors (Lipinski definition) is 5. The predicted molar refractivity (Wildman–Crippen MR) is 105 cm³/mol. The van der Waals surface area contributed by atoms with Crippen molar-refractivity contribution >= 4 is 17.7 Å². The standard InChI is InChI=1S/C20H23F2N3O2S/c1-27-15-8-6-14(7-9-15)17(25-11-2-3-12-25)13-24-18(26)16-5-4-10-23-19(16)28-20(21)22/h4-10,17,20H,2-3,11-13H2,1H3,(H,24,26). The van der Waals surface area contributed by atoms with Crippen molar-refractivity contribution in [3.8, 4) is 5.75 Å². The van der Waals surface area contributed by atoms with Crippen molar-refractivity contribution in [3.05, 3.63) is 53.7 Å². The molecular weight excluding hydrogens is 384 g/mol. The van der Waals surface area contributed by atoms with Gasteiger partial charge in [0.15, 0.2) is 0 Å². The summed E-state index contributed by atoms with van der Waals surface area (Å²) >= 11 is 0.284. The number of nitrogens with one attached hydrogen (secondary N) is 1. The van der Waals surface area contributed by atoms with E-state index in [1.807, 2.05) is 24.3 Å². The molecule has 1 amide bonds. The Balaban J connectivity index is 1.73. The van der Waals surface area contributed by atoms with Crippen LogP contribution in [0.25, 0.3) is 0 Å². The maximum absolute atomic E-state index is 12.7. The first-order valence-corrected chi connectivity index (χ1v) is 10.0. The second-order valence-corrected chi connectivity index (χ2v) is 7.46. The zero-order chi connectivity index (χ0) is 19.9. The van der Waals surface area contributed by atoms with Gasteiger partial charge in [-0.3, -0.25) is 9.69 Å². The van der Waals surface area contributed by atoms with Gasteiger partial charge in [-0.15, -0.1) is 0 Å². The Kier molecular flexibility index (Phi) is 7.22. The summed E-state index contributed by atoms with van der Waals surface area (Å²) in [6.45, 7) is 2.32. The van der Waals surface area contributed by atoms with Crippen molar-refractivity contribution in [2.75, 3.05) is 26.7 Å². The summed E-state index contributed by atoms with van der Waals surface area (Å²) in [5, 5.41) is 2.95. The molecule has 1 aliphatic heterocycles. The molecule has 3 rings (SSSR count). The van der Waals surface area contributed by atoms with Gasteiger partial charge in [0.05, 0.1) is 18.7 Å². The van der Waals surface area contributed by atoms with Crippen molar-refractivity contribution < 1.29 is 18.3 Å². The molecule has 0 spiro atoms. The van der Waals surface area contributed by atoms with Crippen molar-refractivity contribution in [2.45, 2.75) is 29.7 Å². The Hall–Kier alpha value is -2.19. The summed E-state index contributed by atoms with van der Waals surface area (Å²) in [6, 6.07) is 10.9. The van der Waals surface area contributed by atoms with Crippen LogP contribution in [0.2, 0.25) is 0 Å². The number of carbonyl (C=O) groups excluding carboxylic acids is 1. The lowest BCUT2D eigenvalue weighted by Gasteiger charge is -2.28. The number of amides is 1. The first-order chi connectivity index (χ1) is 13.6. The molecule has 8 heteroatoms. The molecule has 0 aliphatic carbocycles. The van der Waals surface area contributed by atoms with E-state index in [1.54, 1.807) is 13.2 Å². The van der Waals surface area contributed by atoms with Crippen molar-refractivity contribution in [3.63, 3.8) is 0 Å². The summed E-state index contributed by atoms with van der Waals surface area (Å²) in [5.74, 6) is -2.25. The number of aromatic nitrogens is 1. The number of methoxy groups -OCH3 is 1. The zero-order valence-corrected chi connectivity index (χ0v) is 16.4. The van der Waals surface area contributed by atoms with Gasteiger partial charge in [-0.1, -0.05) is 12.1 Å². The van der Waals surface area contributed by atoms with Gasteiger partial charge in [0, 0.05) is 12.7 Å². The molecule has 2 heterocycles. The van der Waals surface area contributed by atoms with E-state index in [-0.39, 0.29) is 28.4 Å². The molecule has 1 N–H and O–H groups in total. The molecule has 150 valence electrons. The van der Waals surface area contributed by atoms with Gasteiger partial charge in [0.2, 0.25) is 0 Å². The lowest BCUT2D eigenvalue weighted by Crippen LogP contribution is -2.37. The Labute approximate surface area is 167 Å². The molecule has 2 aromatic rings. The monoisotopic (exact) mass is 407 g/mol. The number of carbonyl (C=O) groups is 1. The summed E-state index contributed by atoms with van der Waals surface area (Å²) in [5.41, 5.74) is 1.25. The van der Waals surface area contributed by atoms with E-state index in [4.69, 9.17) is 4.74 Å². The molecular formula is C20H23F2N3O2S. The van der Waals surface area contributed by atoms with E-state index in [0.29, 0.717) is 6.54 Å². The maximum Gasteiger partial charge on any atom is 0.290 e. The molecule has 5 nitrogen and oxygen atoms in total. The third-order valence-corrected chi connectivity index (χ3v) is 5.48. The first kappa shape index (κ1) is 20.5. The Morgan fingerprint density at radius 1 is 1.25 bits per heavy atom. The fourth-order valence-electron chi connectivity index (χ4n) is 3.36. The third kappa shape index (κ3) is 5.20. The number of ether oxygens (including phenoxy) is 1. The lowest BCUT2D eigenvalue weighted by molar-refractivity contribution is 0.0934. The molecule has 0 radical (unpaired) electrons. The zero-order valence-electron chi connectivity index (χ0n) is 15.6. The van der Waals surface area contributed by atoms with E-state index in [0.717, 1.165) is 37.2 Å². The average Bonchev–Trinajstić information content (AvgIpc) is 3.23. The number of rotatable bonds is 8. The van der Waals surface area contributed by atoms with E-state index in [2.05, 4.69) is 15.2 Å². The summed E-state index contributed by atoms with van der Waals surface area (Å²) < 4.78 is 30.7. The largest absolute Gasteiger partial charge is 0.497 e. The molecule has 0 saturated carbocycles. The van der Waals surface area contributed by atoms with Crippen molar-refractivity contribution in [1.82, 2.24) is 15.2 Å². The number of halogens is 2. The van der Waals surface area contributed by atoms with E-state index < -0.39 is 11.7 Å². The van der Waals surface area contributed by atoms with Crippen LogP contribution < -0.4 is 10.1 Å². The number of likely N-dealkylation sites (tertiary alicyclic amines) is 1. The molecule has 1 aliphatic rings. The van der Waals surface area contributed by atoms with Crippen LogP contribution in [0.15, 0.2) is 47.6 Å². The van der Waals surface area contributed by atoms with Gasteiger partial charge in [-0.05, 0) is 67.5 Å². The van der Waals surface area contributed by atoms with Crippen LogP contribution in [-0.4, -0.2) is 48.3 Å². The minimum Gasteiger partial charge on any atom is -0.497 e. The van der Waals surface area contributed by atoms with E-state index in [1.165, 1.54) is 12.3 Å². The van der Waals surface area contributed by atoms with Crippen LogP contribution in [0, 0.1) is 0 Å². The number of benzene rings is 1. The highest BCUT2D eigenvalue weighted by Crippen LogP contribution is 2.28. The highest BCUT2D eigenvalue weighted by atomic mass is 32.2. The Bertz CT molecular complexity index is 783. The molecule has 1 fully saturated rings. The van der Waals surface area contributed by atoms with Gasteiger partial charge >= 0.3 is 0 Å². The summed E-state index contributed by atoms with van der Waals surface area (Å²) in [6.07, 6.45) is 3.66. The number of nitrogens with zero attached hydrogens (tertiary/aromatic N) is 2. The highest BCUT2D eigenvalue weighted by Gasteiger charge is 2.25. The predicted octanol–water partition coefficient (Wildman–Crippen LogP) is 3.97. The van der Waals surface area contributed by atoms with Crippen LogP contribution in [0.4, 0.5) is 8.78 Å². The van der Waals surface area contributed by atoms with Crippen molar-refractivity contribution in [2.24, 2.45) is 0 Å². The summed E-state index contributed by atoms with van der Waals surface area (Å²) in [7, 11) is 1.62. The minimum absolute atomic E-state index is 0.0141. The molecule has 1 unspecified atom stereocenters. The van der Waals surface area contributed by atoms with Gasteiger partial charge < -0.3 is 10.1 Å². The third-order valence-electron chi connectivity index (χ3n) is 4.75. The van der Waals surface area contributed by atoms with Crippen LogP contribution >= 0.6 is 11.8 Å². The van der Waals surface area contributed by atoms with Crippen molar-refractivity contribution in [1.29, 1.82) is 0 Å². The van der Waals surface area contributed by atoms with Gasteiger partial charge in [0.25, 0.3) is 11.7 Å². The minimum atomic E-state index is -2.63. The molecule has 0 bridgehead atoms. The molecule has 1 aromatic carbocycles. The highest BCUT2D eigenvalue weighted by molar-refractivity contribution is 7.99. The molecule has 1 saturated heterocycles. The first-order valence-electron chi connectivity index (χ1n) is 9.14. The number of pyridine rings is 1. The molecule has 28 heavy (non-hydrogen) atoms. The number of hydrogen-bond donors (Lipinski definition) is 1. The van der Waals surface area contributed by atoms with Gasteiger partial charge in [-0.25, -0.2) is 4.98 Å². The van der Waals surface area contributed by atoms with Gasteiger partial charge in [0.1, 0.15) is 10.8 Å². The summed E-state index contributed by atoms with van der Waals surface area (Å²) in [4.78, 5) is 18.9. The Morgan fingerprint density at radius 3 is 2.61 bits per heavy atom. The Morgan fingerprint density at radius 2 is 1.96 bits per heavy atom. The lowest BCUT2D eigenvalue weighted by atomic mass is 10.0. The van der Waals surface area contributed by atoms with Crippen LogP contribution in [0.3, 0.4) is 0 Å². The molecule has 1 atom stereocenters. The van der Waals surface area contributed by atoms with Crippen LogP contribution in [0.5, 0.6) is 5.75 Å². The number of thioether (sulfide) groups is 1. The van der Waals surface area contributed by atoms with Crippen LogP contribution in [-0.2, 0) is 0 Å². The second kappa shape index (κ2) is 9.84. The van der Waals surface area contributed by atoms with E-state index in [9.17, 15) is 13.6 Å². The smallest absolute Gasteiger partial charge is 0.290 e. The SMILES string of the molecule is COc1ccc(C(CNC(=O)c2cccnc2SC(F)F)N2CCCC2)cc1. The van der Waals surface area contributed by atoms with Gasteiger partial charge in [-0.2, -0.15) is 8.78 Å². The van der Waals surface area contributed by atoms with E-state index >= 15 is 0 Å². The fraction of sp³-hybridized carbons (Fsp3) is 0.400. The number of alkyl halides is 2. The fourth-order valence-corrected chi connectivity index (χ4v) is 3.94. The normalized spacial score (nSPS) is 15.6. The van der Waals surface area contributed by atoms with Crippen LogP contribution in [0.1, 0.15) is 34.8 Å². The second-order valence-electron chi connectivity index (χ2n) is 6.48. The maximum atomic E-state index is 12.7.